The highest BCUT2D eigenvalue weighted by Gasteiger charge is 2.16. The summed E-state index contributed by atoms with van der Waals surface area (Å²) in [5.74, 6) is -0.0809. The number of nitrogens with zero attached hydrogens (tertiary/aromatic N) is 1. The number of aliphatic hydroxyl groups is 1. The van der Waals surface area contributed by atoms with E-state index in [1.54, 1.807) is 7.05 Å². The van der Waals surface area contributed by atoms with E-state index in [1.165, 1.54) is 12.0 Å². The van der Waals surface area contributed by atoms with Crippen molar-refractivity contribution in [2.75, 3.05) is 27.3 Å². The van der Waals surface area contributed by atoms with Crippen LogP contribution in [-0.4, -0.2) is 49.3 Å². The minimum atomic E-state index is -0.658. The molecule has 1 rings (SSSR count). The lowest BCUT2D eigenvalue weighted by atomic mass is 10.0. The van der Waals surface area contributed by atoms with E-state index in [1.807, 2.05) is 32.0 Å². The maximum atomic E-state index is 12.2. The van der Waals surface area contributed by atoms with E-state index < -0.39 is 6.10 Å². The van der Waals surface area contributed by atoms with Gasteiger partial charge in [-0.1, -0.05) is 17.7 Å². The van der Waals surface area contributed by atoms with E-state index in [4.69, 9.17) is 4.74 Å². The summed E-state index contributed by atoms with van der Waals surface area (Å²) in [5.41, 5.74) is 2.76. The Morgan fingerprint density at radius 1 is 1.44 bits per heavy atom. The predicted octanol–water partition coefficient (Wildman–Crippen LogP) is 1.38. The van der Waals surface area contributed by atoms with Crippen molar-refractivity contribution in [2.45, 2.75) is 20.0 Å². The maximum absolute atomic E-state index is 12.2. The summed E-state index contributed by atoms with van der Waals surface area (Å²) in [7, 11) is 3.20. The summed E-state index contributed by atoms with van der Waals surface area (Å²) in [6.45, 7) is 4.40. The zero-order chi connectivity index (χ0) is 13.7. The third-order valence-corrected chi connectivity index (χ3v) is 2.80. The van der Waals surface area contributed by atoms with Crippen molar-refractivity contribution >= 4 is 5.91 Å². The van der Waals surface area contributed by atoms with Crippen LogP contribution in [-0.2, 0) is 4.74 Å². The zero-order valence-corrected chi connectivity index (χ0v) is 11.4. The topological polar surface area (TPSA) is 49.8 Å². The third kappa shape index (κ3) is 3.82. The van der Waals surface area contributed by atoms with Gasteiger partial charge in [0.25, 0.3) is 5.91 Å². The first-order valence-corrected chi connectivity index (χ1v) is 5.95. The fraction of sp³-hybridized carbons (Fsp3) is 0.500. The monoisotopic (exact) mass is 251 g/mol. The Balaban J connectivity index is 2.74. The normalized spacial score (nSPS) is 12.3. The number of hydrogen-bond donors (Lipinski definition) is 1. The van der Waals surface area contributed by atoms with Crippen molar-refractivity contribution in [3.8, 4) is 0 Å². The summed E-state index contributed by atoms with van der Waals surface area (Å²) in [6.07, 6.45) is -0.658. The van der Waals surface area contributed by atoms with Crippen LogP contribution in [0.25, 0.3) is 0 Å². The molecule has 4 heteroatoms. The van der Waals surface area contributed by atoms with E-state index in [0.717, 1.165) is 11.1 Å². The van der Waals surface area contributed by atoms with Crippen LogP contribution in [0.15, 0.2) is 18.2 Å². The van der Waals surface area contributed by atoms with Crippen molar-refractivity contribution in [1.29, 1.82) is 0 Å². The molecule has 1 aromatic rings. The fourth-order valence-corrected chi connectivity index (χ4v) is 1.90. The van der Waals surface area contributed by atoms with Crippen molar-refractivity contribution in [2.24, 2.45) is 0 Å². The molecular formula is C14H21NO3. The minimum absolute atomic E-state index is 0.0809. The van der Waals surface area contributed by atoms with E-state index >= 15 is 0 Å². The largest absolute Gasteiger partial charge is 0.389 e. The first-order valence-electron chi connectivity index (χ1n) is 5.95. The van der Waals surface area contributed by atoms with Gasteiger partial charge in [0.1, 0.15) is 0 Å². The second-order valence-electron chi connectivity index (χ2n) is 4.61. The van der Waals surface area contributed by atoms with Gasteiger partial charge in [-0.3, -0.25) is 4.79 Å². The Kier molecular flexibility index (Phi) is 5.31. The lowest BCUT2D eigenvalue weighted by Gasteiger charge is -2.21. The Bertz CT molecular complexity index is 418. The van der Waals surface area contributed by atoms with Gasteiger partial charge in [0.2, 0.25) is 0 Å². The molecule has 0 heterocycles. The van der Waals surface area contributed by atoms with Crippen LogP contribution < -0.4 is 0 Å². The number of aryl methyl sites for hydroxylation is 2. The summed E-state index contributed by atoms with van der Waals surface area (Å²) in [5, 5.41) is 9.61. The number of carbonyl (C=O) groups excluding carboxylic acids is 1. The second kappa shape index (κ2) is 6.52. The van der Waals surface area contributed by atoms with Gasteiger partial charge in [-0.05, 0) is 25.5 Å². The highest BCUT2D eigenvalue weighted by Crippen LogP contribution is 2.12. The van der Waals surface area contributed by atoms with Gasteiger partial charge < -0.3 is 14.7 Å². The standard InChI is InChI=1S/C14H21NO3/c1-10-5-6-13(11(2)7-10)14(17)15(3)8-12(16)9-18-4/h5-7,12,16H,8-9H2,1-4H3. The van der Waals surface area contributed by atoms with Gasteiger partial charge in [-0.2, -0.15) is 0 Å². The Morgan fingerprint density at radius 3 is 2.67 bits per heavy atom. The molecule has 0 bridgehead atoms. The number of amides is 1. The van der Waals surface area contributed by atoms with E-state index in [9.17, 15) is 9.90 Å². The minimum Gasteiger partial charge on any atom is -0.389 e. The molecule has 0 fully saturated rings. The Morgan fingerprint density at radius 2 is 2.11 bits per heavy atom. The first-order chi connectivity index (χ1) is 8.45. The van der Waals surface area contributed by atoms with Gasteiger partial charge in [0, 0.05) is 26.3 Å². The summed E-state index contributed by atoms with van der Waals surface area (Å²) in [4.78, 5) is 13.7. The molecule has 0 spiro atoms. The van der Waals surface area contributed by atoms with Crippen LogP contribution in [0.1, 0.15) is 21.5 Å². The molecule has 0 radical (unpaired) electrons. The molecule has 4 nitrogen and oxygen atoms in total. The molecule has 0 aromatic heterocycles. The number of aliphatic hydroxyl groups excluding tert-OH is 1. The summed E-state index contributed by atoms with van der Waals surface area (Å²) >= 11 is 0. The molecule has 0 aliphatic heterocycles. The van der Waals surface area contributed by atoms with Gasteiger partial charge >= 0.3 is 0 Å². The molecule has 18 heavy (non-hydrogen) atoms. The third-order valence-electron chi connectivity index (χ3n) is 2.80. The van der Waals surface area contributed by atoms with Gasteiger partial charge in [-0.25, -0.2) is 0 Å². The van der Waals surface area contributed by atoms with Crippen LogP contribution in [0.5, 0.6) is 0 Å². The maximum Gasteiger partial charge on any atom is 0.253 e. The van der Waals surface area contributed by atoms with Gasteiger partial charge in [0.05, 0.1) is 12.7 Å². The predicted molar refractivity (Wildman–Crippen MR) is 70.8 cm³/mol. The van der Waals surface area contributed by atoms with Crippen LogP contribution in [0.4, 0.5) is 0 Å². The van der Waals surface area contributed by atoms with Crippen molar-refractivity contribution in [3.05, 3.63) is 34.9 Å². The second-order valence-corrected chi connectivity index (χ2v) is 4.61. The number of hydrogen-bond acceptors (Lipinski definition) is 3. The Hall–Kier alpha value is -1.39. The fourth-order valence-electron chi connectivity index (χ4n) is 1.90. The van der Waals surface area contributed by atoms with Crippen molar-refractivity contribution in [3.63, 3.8) is 0 Å². The van der Waals surface area contributed by atoms with Crippen molar-refractivity contribution < 1.29 is 14.6 Å². The Labute approximate surface area is 108 Å². The molecule has 1 aromatic carbocycles. The molecule has 1 amide bonds. The van der Waals surface area contributed by atoms with Crippen LogP contribution in [0, 0.1) is 13.8 Å². The number of benzene rings is 1. The average Bonchev–Trinajstić information content (AvgIpc) is 2.28. The number of ether oxygens (including phenoxy) is 1. The lowest BCUT2D eigenvalue weighted by Crippen LogP contribution is -2.36. The summed E-state index contributed by atoms with van der Waals surface area (Å²) in [6, 6.07) is 5.72. The van der Waals surface area contributed by atoms with E-state index in [0.29, 0.717) is 5.56 Å². The molecule has 0 aliphatic rings. The van der Waals surface area contributed by atoms with Gasteiger partial charge in [0.15, 0.2) is 0 Å². The van der Waals surface area contributed by atoms with Crippen LogP contribution in [0.3, 0.4) is 0 Å². The molecule has 0 saturated heterocycles. The van der Waals surface area contributed by atoms with Crippen LogP contribution >= 0.6 is 0 Å². The molecule has 1 unspecified atom stereocenters. The number of carbonyl (C=O) groups is 1. The number of methoxy groups -OCH3 is 1. The zero-order valence-electron chi connectivity index (χ0n) is 11.4. The smallest absolute Gasteiger partial charge is 0.253 e. The molecule has 0 aliphatic carbocycles. The van der Waals surface area contributed by atoms with Crippen molar-refractivity contribution in [1.82, 2.24) is 4.90 Å². The SMILES string of the molecule is COCC(O)CN(C)C(=O)c1ccc(C)cc1C. The molecule has 100 valence electrons. The average molecular weight is 251 g/mol. The highest BCUT2D eigenvalue weighted by molar-refractivity contribution is 5.95. The van der Waals surface area contributed by atoms with Gasteiger partial charge in [-0.15, -0.1) is 0 Å². The lowest BCUT2D eigenvalue weighted by molar-refractivity contribution is 0.0380. The number of rotatable bonds is 5. The highest BCUT2D eigenvalue weighted by atomic mass is 16.5. The van der Waals surface area contributed by atoms with Crippen LogP contribution in [0.2, 0.25) is 0 Å². The molecule has 1 atom stereocenters. The number of likely N-dealkylation sites (N-methyl/N-ethyl adjacent to an activating group) is 1. The first kappa shape index (κ1) is 14.7. The summed E-state index contributed by atoms with van der Waals surface area (Å²) < 4.78 is 4.84. The molecule has 1 N–H and O–H groups in total. The van der Waals surface area contributed by atoms with E-state index in [2.05, 4.69) is 0 Å². The van der Waals surface area contributed by atoms with E-state index in [-0.39, 0.29) is 19.1 Å². The quantitative estimate of drug-likeness (QED) is 0.860. The molecule has 0 saturated carbocycles. The molecular weight excluding hydrogens is 230 g/mol.